The predicted molar refractivity (Wildman–Crippen MR) is 49.3 cm³/mol. The van der Waals surface area contributed by atoms with Crippen molar-refractivity contribution in [1.29, 1.82) is 0 Å². The van der Waals surface area contributed by atoms with Crippen LogP contribution in [0.1, 0.15) is 48.0 Å². The summed E-state index contributed by atoms with van der Waals surface area (Å²) in [5.41, 5.74) is 0. The Bertz CT molecular complexity index is 42.0. The summed E-state index contributed by atoms with van der Waals surface area (Å²) in [5.74, 6) is 1.77. The highest BCUT2D eigenvalue weighted by molar-refractivity contribution is 4.52. The summed E-state index contributed by atoms with van der Waals surface area (Å²) in [7, 11) is 0. The van der Waals surface area contributed by atoms with Gasteiger partial charge in [-0.25, -0.2) is 0 Å². The van der Waals surface area contributed by atoms with Gasteiger partial charge in [0.05, 0.1) is 0 Å². The topological polar surface area (TPSA) is 31.5 Å². The molecule has 1 nitrogen and oxygen atoms in total. The number of hydrogen-bond donors (Lipinski definition) is 0. The molecule has 0 saturated carbocycles. The third-order valence-electron chi connectivity index (χ3n) is 1.78. The van der Waals surface area contributed by atoms with Crippen molar-refractivity contribution in [1.82, 2.24) is 0 Å². The molecule has 0 spiro atoms. The Morgan fingerprint density at radius 2 is 1.30 bits per heavy atom. The molecule has 0 aliphatic heterocycles. The summed E-state index contributed by atoms with van der Waals surface area (Å²) in [6.45, 7) is 13.1. The summed E-state index contributed by atoms with van der Waals surface area (Å²) < 4.78 is 0. The summed E-state index contributed by atoms with van der Waals surface area (Å²) in [4.78, 5) is 0. The summed E-state index contributed by atoms with van der Waals surface area (Å²) in [5, 5.41) is 0. The zero-order valence-corrected chi connectivity index (χ0v) is 8.36. The van der Waals surface area contributed by atoms with Crippen molar-refractivity contribution in [3.05, 3.63) is 0 Å². The molecule has 0 aliphatic carbocycles. The molecule has 66 valence electrons. The van der Waals surface area contributed by atoms with Crippen LogP contribution in [0.3, 0.4) is 0 Å². The van der Waals surface area contributed by atoms with E-state index in [2.05, 4.69) is 27.7 Å². The van der Waals surface area contributed by atoms with Crippen molar-refractivity contribution < 1.29 is 5.48 Å². The third-order valence-corrected chi connectivity index (χ3v) is 1.78. The Balaban J connectivity index is -0.000000149. The van der Waals surface area contributed by atoms with Gasteiger partial charge >= 0.3 is 0 Å². The molecule has 0 aromatic rings. The van der Waals surface area contributed by atoms with Crippen molar-refractivity contribution in [2.75, 3.05) is 0 Å². The van der Waals surface area contributed by atoms with Crippen LogP contribution >= 0.6 is 0 Å². The van der Waals surface area contributed by atoms with E-state index >= 15 is 0 Å². The van der Waals surface area contributed by atoms with E-state index in [-0.39, 0.29) is 5.48 Å². The highest BCUT2D eigenvalue weighted by Crippen LogP contribution is 2.11. The van der Waals surface area contributed by atoms with E-state index in [9.17, 15) is 0 Å². The van der Waals surface area contributed by atoms with Crippen LogP contribution in [0.5, 0.6) is 0 Å². The molecule has 1 unspecified atom stereocenters. The second kappa shape index (κ2) is 11.7. The van der Waals surface area contributed by atoms with Gasteiger partial charge < -0.3 is 5.48 Å². The third kappa shape index (κ3) is 10.9. The quantitative estimate of drug-likeness (QED) is 0.576. The van der Waals surface area contributed by atoms with Crippen molar-refractivity contribution in [2.45, 2.75) is 48.0 Å². The van der Waals surface area contributed by atoms with Crippen LogP contribution in [0.25, 0.3) is 0 Å². The monoisotopic (exact) mass is 148 g/mol. The highest BCUT2D eigenvalue weighted by Gasteiger charge is 2.01. The van der Waals surface area contributed by atoms with Crippen LogP contribution in [0, 0.1) is 11.8 Å². The van der Waals surface area contributed by atoms with Gasteiger partial charge in [-0.2, -0.15) is 0 Å². The Morgan fingerprint density at radius 1 is 1.00 bits per heavy atom. The standard InChI is InChI=1S/C7H16.C2H6.H2O/c1-5-7(4)6(2)3;1-2;/h6-7H,5H2,1-4H3;1-2H3;1H2. The van der Waals surface area contributed by atoms with E-state index in [1.165, 1.54) is 6.42 Å². The highest BCUT2D eigenvalue weighted by atomic mass is 16.0. The van der Waals surface area contributed by atoms with Crippen LogP contribution in [-0.4, -0.2) is 5.48 Å². The van der Waals surface area contributed by atoms with Gasteiger partial charge in [0.25, 0.3) is 0 Å². The van der Waals surface area contributed by atoms with Crippen molar-refractivity contribution in [3.63, 3.8) is 0 Å². The molecule has 10 heavy (non-hydrogen) atoms. The van der Waals surface area contributed by atoms with Crippen LogP contribution in [0.2, 0.25) is 0 Å². The largest absolute Gasteiger partial charge is 0.412 e. The minimum absolute atomic E-state index is 0. The first-order valence-electron chi connectivity index (χ1n) is 4.18. The minimum Gasteiger partial charge on any atom is -0.412 e. The minimum atomic E-state index is 0. The van der Waals surface area contributed by atoms with E-state index < -0.39 is 0 Å². The molecular formula is C9H24O. The van der Waals surface area contributed by atoms with E-state index in [0.717, 1.165) is 11.8 Å². The van der Waals surface area contributed by atoms with Gasteiger partial charge in [0.1, 0.15) is 0 Å². The first kappa shape index (κ1) is 16.5. The molecule has 0 aliphatic rings. The number of rotatable bonds is 2. The Morgan fingerprint density at radius 3 is 1.30 bits per heavy atom. The van der Waals surface area contributed by atoms with Gasteiger partial charge in [-0.05, 0) is 11.8 Å². The first-order valence-corrected chi connectivity index (χ1v) is 4.18. The fraction of sp³-hybridized carbons (Fsp3) is 1.00. The first-order chi connectivity index (χ1) is 4.18. The van der Waals surface area contributed by atoms with Gasteiger partial charge in [0, 0.05) is 0 Å². The van der Waals surface area contributed by atoms with Crippen molar-refractivity contribution in [2.24, 2.45) is 11.8 Å². The van der Waals surface area contributed by atoms with Gasteiger partial charge in [-0.3, -0.25) is 0 Å². The average Bonchev–Trinajstić information content (AvgIpc) is 1.91. The Hall–Kier alpha value is -0.0400. The SMILES string of the molecule is CC.CCC(C)C(C)C.O. The summed E-state index contributed by atoms with van der Waals surface area (Å²) >= 11 is 0. The van der Waals surface area contributed by atoms with Crippen LogP contribution < -0.4 is 0 Å². The lowest BCUT2D eigenvalue weighted by Gasteiger charge is -2.10. The molecule has 0 heterocycles. The molecule has 0 radical (unpaired) electrons. The molecule has 0 aromatic carbocycles. The lowest BCUT2D eigenvalue weighted by atomic mass is 9.96. The van der Waals surface area contributed by atoms with Crippen LogP contribution in [0.15, 0.2) is 0 Å². The molecule has 0 fully saturated rings. The van der Waals surface area contributed by atoms with E-state index in [1.807, 2.05) is 13.8 Å². The summed E-state index contributed by atoms with van der Waals surface area (Å²) in [6.07, 6.45) is 1.32. The molecule has 1 atom stereocenters. The fourth-order valence-electron chi connectivity index (χ4n) is 0.471. The fourth-order valence-corrected chi connectivity index (χ4v) is 0.471. The molecule has 0 bridgehead atoms. The molecule has 0 saturated heterocycles. The van der Waals surface area contributed by atoms with Gasteiger partial charge in [0.2, 0.25) is 0 Å². The van der Waals surface area contributed by atoms with Gasteiger partial charge in [-0.15, -0.1) is 0 Å². The number of hydrogen-bond acceptors (Lipinski definition) is 0. The lowest BCUT2D eigenvalue weighted by Crippen LogP contribution is -2.00. The normalized spacial score (nSPS) is 11.1. The molecule has 0 amide bonds. The smallest absolute Gasteiger partial charge is 0.0422 e. The predicted octanol–water partition coefficient (Wildman–Crippen LogP) is 2.89. The molecule has 2 N–H and O–H groups in total. The average molecular weight is 148 g/mol. The second-order valence-electron chi connectivity index (χ2n) is 2.63. The Labute approximate surface area is 66.1 Å². The summed E-state index contributed by atoms with van der Waals surface area (Å²) in [6, 6.07) is 0. The van der Waals surface area contributed by atoms with Crippen LogP contribution in [0.4, 0.5) is 0 Å². The van der Waals surface area contributed by atoms with Crippen molar-refractivity contribution >= 4 is 0 Å². The Kier molecular flexibility index (Phi) is 19.3. The molecular weight excluding hydrogens is 124 g/mol. The molecule has 0 aromatic heterocycles. The zero-order valence-electron chi connectivity index (χ0n) is 8.36. The van der Waals surface area contributed by atoms with E-state index in [0.29, 0.717) is 0 Å². The maximum atomic E-state index is 2.30. The lowest BCUT2D eigenvalue weighted by molar-refractivity contribution is 0.407. The van der Waals surface area contributed by atoms with Crippen molar-refractivity contribution in [3.8, 4) is 0 Å². The maximum absolute atomic E-state index is 2.30. The second-order valence-corrected chi connectivity index (χ2v) is 2.63. The van der Waals surface area contributed by atoms with E-state index in [4.69, 9.17) is 0 Å². The maximum Gasteiger partial charge on any atom is -0.0422 e. The van der Waals surface area contributed by atoms with Crippen LogP contribution in [-0.2, 0) is 0 Å². The van der Waals surface area contributed by atoms with Gasteiger partial charge in [-0.1, -0.05) is 48.0 Å². The van der Waals surface area contributed by atoms with E-state index in [1.54, 1.807) is 0 Å². The molecule has 1 heteroatoms. The molecule has 0 rings (SSSR count). The van der Waals surface area contributed by atoms with Gasteiger partial charge in [0.15, 0.2) is 0 Å². The zero-order chi connectivity index (χ0) is 7.86.